The SMILES string of the molecule is CCC(NC(=O)c1ccc(N)cc1F)c1ncc[nH]1. The van der Waals surface area contributed by atoms with Gasteiger partial charge in [0.05, 0.1) is 11.6 Å². The molecular formula is C13H15FN4O. The van der Waals surface area contributed by atoms with Gasteiger partial charge >= 0.3 is 0 Å². The molecule has 0 aliphatic carbocycles. The maximum Gasteiger partial charge on any atom is 0.254 e. The van der Waals surface area contributed by atoms with Crippen molar-refractivity contribution in [2.24, 2.45) is 0 Å². The van der Waals surface area contributed by atoms with Crippen LogP contribution in [0, 0.1) is 5.82 Å². The van der Waals surface area contributed by atoms with E-state index < -0.39 is 11.7 Å². The van der Waals surface area contributed by atoms with E-state index in [1.165, 1.54) is 12.1 Å². The van der Waals surface area contributed by atoms with Crippen LogP contribution in [0.25, 0.3) is 0 Å². The van der Waals surface area contributed by atoms with Gasteiger partial charge in [-0.2, -0.15) is 0 Å². The van der Waals surface area contributed by atoms with Crippen molar-refractivity contribution in [2.75, 3.05) is 5.73 Å². The first-order valence-electron chi connectivity index (χ1n) is 5.97. The maximum atomic E-state index is 13.6. The molecule has 1 heterocycles. The van der Waals surface area contributed by atoms with E-state index in [1.807, 2.05) is 6.92 Å². The highest BCUT2D eigenvalue weighted by molar-refractivity contribution is 5.95. The number of carbonyl (C=O) groups excluding carboxylic acids is 1. The molecule has 0 radical (unpaired) electrons. The Bertz CT molecular complexity index is 568. The fraction of sp³-hybridized carbons (Fsp3) is 0.231. The molecule has 1 atom stereocenters. The third-order valence-corrected chi connectivity index (χ3v) is 2.80. The summed E-state index contributed by atoms with van der Waals surface area (Å²) in [5.74, 6) is -0.473. The second-order valence-electron chi connectivity index (χ2n) is 4.15. The lowest BCUT2D eigenvalue weighted by Gasteiger charge is -2.15. The standard InChI is InChI=1S/C13H15FN4O/c1-2-11(12-16-5-6-17-12)18-13(19)9-4-3-8(15)7-10(9)14/h3-7,11H,2,15H2,1H3,(H,16,17)(H,18,19). The first kappa shape index (κ1) is 13.1. The van der Waals surface area contributed by atoms with Gasteiger partial charge in [0.25, 0.3) is 5.91 Å². The molecule has 1 unspecified atom stereocenters. The van der Waals surface area contributed by atoms with Gasteiger partial charge in [0.1, 0.15) is 11.6 Å². The third kappa shape index (κ3) is 2.90. The number of benzene rings is 1. The number of anilines is 1. The van der Waals surface area contributed by atoms with E-state index >= 15 is 0 Å². The molecule has 100 valence electrons. The monoisotopic (exact) mass is 262 g/mol. The summed E-state index contributed by atoms with van der Waals surface area (Å²) in [6.07, 6.45) is 3.93. The van der Waals surface area contributed by atoms with Crippen LogP contribution in [0.15, 0.2) is 30.6 Å². The number of H-pyrrole nitrogens is 1. The van der Waals surface area contributed by atoms with Gasteiger partial charge in [0, 0.05) is 18.1 Å². The van der Waals surface area contributed by atoms with Crippen LogP contribution in [-0.2, 0) is 0 Å². The topological polar surface area (TPSA) is 83.8 Å². The van der Waals surface area contributed by atoms with Crippen LogP contribution in [0.1, 0.15) is 35.6 Å². The summed E-state index contributed by atoms with van der Waals surface area (Å²) in [5.41, 5.74) is 5.70. The molecule has 0 saturated carbocycles. The number of nitrogens with two attached hydrogens (primary N) is 1. The van der Waals surface area contributed by atoms with Crippen molar-refractivity contribution in [1.29, 1.82) is 0 Å². The zero-order chi connectivity index (χ0) is 13.8. The highest BCUT2D eigenvalue weighted by atomic mass is 19.1. The lowest BCUT2D eigenvalue weighted by molar-refractivity contribution is 0.0930. The summed E-state index contributed by atoms with van der Waals surface area (Å²) >= 11 is 0. The molecule has 1 aromatic carbocycles. The zero-order valence-electron chi connectivity index (χ0n) is 10.5. The van der Waals surface area contributed by atoms with Crippen LogP contribution in [0.4, 0.5) is 10.1 Å². The van der Waals surface area contributed by atoms with E-state index in [4.69, 9.17) is 5.73 Å². The largest absolute Gasteiger partial charge is 0.399 e. The molecule has 5 nitrogen and oxygen atoms in total. The minimum absolute atomic E-state index is 0.0285. The Morgan fingerprint density at radius 2 is 2.37 bits per heavy atom. The predicted octanol–water partition coefficient (Wildman–Crippen LogP) is 2.01. The fourth-order valence-corrected chi connectivity index (χ4v) is 1.78. The molecule has 0 aliphatic heterocycles. The van der Waals surface area contributed by atoms with Crippen molar-refractivity contribution in [2.45, 2.75) is 19.4 Å². The average molecular weight is 262 g/mol. The second kappa shape index (κ2) is 5.51. The minimum Gasteiger partial charge on any atom is -0.399 e. The van der Waals surface area contributed by atoms with Crippen molar-refractivity contribution in [3.05, 3.63) is 47.8 Å². The number of aromatic amines is 1. The molecule has 1 aromatic heterocycles. The zero-order valence-corrected chi connectivity index (χ0v) is 10.5. The van der Waals surface area contributed by atoms with Crippen molar-refractivity contribution in [3.8, 4) is 0 Å². The van der Waals surface area contributed by atoms with Crippen molar-refractivity contribution in [3.63, 3.8) is 0 Å². The number of carbonyl (C=O) groups is 1. The van der Waals surface area contributed by atoms with Gasteiger partial charge < -0.3 is 16.0 Å². The highest BCUT2D eigenvalue weighted by Gasteiger charge is 2.18. The van der Waals surface area contributed by atoms with Gasteiger partial charge in [-0.25, -0.2) is 9.37 Å². The van der Waals surface area contributed by atoms with E-state index in [9.17, 15) is 9.18 Å². The van der Waals surface area contributed by atoms with Crippen molar-refractivity contribution < 1.29 is 9.18 Å². The molecule has 0 fully saturated rings. The third-order valence-electron chi connectivity index (χ3n) is 2.80. The number of nitrogens with one attached hydrogen (secondary N) is 2. The summed E-state index contributed by atoms with van der Waals surface area (Å²) in [7, 11) is 0. The normalized spacial score (nSPS) is 12.1. The molecule has 0 aliphatic rings. The molecule has 2 rings (SSSR count). The summed E-state index contributed by atoms with van der Waals surface area (Å²) in [5, 5.41) is 2.73. The molecular weight excluding hydrogens is 247 g/mol. The summed E-state index contributed by atoms with van der Waals surface area (Å²) in [6, 6.07) is 3.71. The molecule has 0 bridgehead atoms. The van der Waals surface area contributed by atoms with E-state index in [-0.39, 0.29) is 17.3 Å². The van der Waals surface area contributed by atoms with Gasteiger partial charge in [-0.15, -0.1) is 0 Å². The summed E-state index contributed by atoms with van der Waals surface area (Å²) < 4.78 is 13.6. The van der Waals surface area contributed by atoms with E-state index in [1.54, 1.807) is 12.4 Å². The van der Waals surface area contributed by atoms with Crippen LogP contribution in [0.3, 0.4) is 0 Å². The summed E-state index contributed by atoms with van der Waals surface area (Å²) in [6.45, 7) is 1.91. The van der Waals surface area contributed by atoms with E-state index in [2.05, 4.69) is 15.3 Å². The van der Waals surface area contributed by atoms with Crippen LogP contribution in [0.5, 0.6) is 0 Å². The molecule has 1 amide bonds. The van der Waals surface area contributed by atoms with E-state index in [0.29, 0.717) is 12.2 Å². The number of imidazole rings is 1. The molecule has 4 N–H and O–H groups in total. The predicted molar refractivity (Wildman–Crippen MR) is 69.9 cm³/mol. The van der Waals surface area contributed by atoms with Gasteiger partial charge in [0.15, 0.2) is 0 Å². The number of halogens is 1. The number of aromatic nitrogens is 2. The molecule has 6 heteroatoms. The van der Waals surface area contributed by atoms with Gasteiger partial charge in [-0.1, -0.05) is 6.92 Å². The number of nitrogens with zero attached hydrogens (tertiary/aromatic N) is 1. The lowest BCUT2D eigenvalue weighted by Crippen LogP contribution is -2.29. The molecule has 2 aromatic rings. The average Bonchev–Trinajstić information content (AvgIpc) is 2.89. The number of nitrogen functional groups attached to an aromatic ring is 1. The van der Waals surface area contributed by atoms with Crippen LogP contribution in [-0.4, -0.2) is 15.9 Å². The maximum absolute atomic E-state index is 13.6. The minimum atomic E-state index is -0.633. The molecule has 0 saturated heterocycles. The Morgan fingerprint density at radius 3 is 2.95 bits per heavy atom. The quantitative estimate of drug-likeness (QED) is 0.737. The number of hydrogen-bond donors (Lipinski definition) is 3. The molecule has 0 spiro atoms. The summed E-state index contributed by atoms with van der Waals surface area (Å²) in [4.78, 5) is 19.0. The number of rotatable bonds is 4. The number of hydrogen-bond acceptors (Lipinski definition) is 3. The smallest absolute Gasteiger partial charge is 0.254 e. The Labute approximate surface area is 110 Å². The molecule has 19 heavy (non-hydrogen) atoms. The lowest BCUT2D eigenvalue weighted by atomic mass is 10.1. The first-order valence-corrected chi connectivity index (χ1v) is 5.97. The Balaban J connectivity index is 2.16. The number of amides is 1. The van der Waals surface area contributed by atoms with Crippen molar-refractivity contribution >= 4 is 11.6 Å². The van der Waals surface area contributed by atoms with Crippen LogP contribution < -0.4 is 11.1 Å². The van der Waals surface area contributed by atoms with Gasteiger partial charge in [-0.3, -0.25) is 4.79 Å². The van der Waals surface area contributed by atoms with Gasteiger partial charge in [0.2, 0.25) is 0 Å². The Hall–Kier alpha value is -2.37. The van der Waals surface area contributed by atoms with Crippen LogP contribution >= 0.6 is 0 Å². The first-order chi connectivity index (χ1) is 9.11. The van der Waals surface area contributed by atoms with E-state index in [0.717, 1.165) is 6.07 Å². The van der Waals surface area contributed by atoms with Crippen molar-refractivity contribution in [1.82, 2.24) is 15.3 Å². The van der Waals surface area contributed by atoms with Gasteiger partial charge in [-0.05, 0) is 24.6 Å². The van der Waals surface area contributed by atoms with Crippen LogP contribution in [0.2, 0.25) is 0 Å². The fourth-order valence-electron chi connectivity index (χ4n) is 1.78. The second-order valence-corrected chi connectivity index (χ2v) is 4.15. The highest BCUT2D eigenvalue weighted by Crippen LogP contribution is 2.15. The Morgan fingerprint density at radius 1 is 1.58 bits per heavy atom. The Kier molecular flexibility index (Phi) is 3.79.